The Bertz CT molecular complexity index is 1400. The molecule has 3 aromatic carbocycles. The molecule has 2 heterocycles. The maximum absolute atomic E-state index is 14.3. The summed E-state index contributed by atoms with van der Waals surface area (Å²) in [6.45, 7) is 0.156. The first kappa shape index (κ1) is 19.3. The minimum absolute atomic E-state index is 0.156. The smallest absolute Gasteiger partial charge is 0.264 e. The van der Waals surface area contributed by atoms with Crippen molar-refractivity contribution in [1.29, 1.82) is 0 Å². The summed E-state index contributed by atoms with van der Waals surface area (Å²) in [4.78, 5) is 19.7. The molecule has 0 aliphatic heterocycles. The molecule has 0 fully saturated rings. The first-order chi connectivity index (χ1) is 15.1. The van der Waals surface area contributed by atoms with Gasteiger partial charge in [0.25, 0.3) is 5.91 Å². The van der Waals surface area contributed by atoms with E-state index in [1.807, 2.05) is 30.3 Å². The van der Waals surface area contributed by atoms with E-state index in [4.69, 9.17) is 9.15 Å². The Kier molecular flexibility index (Phi) is 4.88. The molecule has 0 aliphatic rings. The van der Waals surface area contributed by atoms with Crippen LogP contribution in [0.1, 0.15) is 16.1 Å². The van der Waals surface area contributed by atoms with Crippen LogP contribution in [0.3, 0.4) is 0 Å². The Labute approximate surface area is 181 Å². The van der Waals surface area contributed by atoms with Gasteiger partial charge >= 0.3 is 0 Å². The van der Waals surface area contributed by atoms with Gasteiger partial charge in [-0.15, -0.1) is 0 Å². The Morgan fingerprint density at radius 3 is 2.61 bits per heavy atom. The van der Waals surface area contributed by atoms with Crippen molar-refractivity contribution < 1.29 is 18.3 Å². The lowest BCUT2D eigenvalue weighted by atomic mass is 10.0. The van der Waals surface area contributed by atoms with E-state index in [2.05, 4.69) is 4.98 Å². The summed E-state index contributed by atoms with van der Waals surface area (Å²) >= 11 is 1.25. The van der Waals surface area contributed by atoms with E-state index in [1.54, 1.807) is 36.6 Å². The van der Waals surface area contributed by atoms with Crippen LogP contribution >= 0.6 is 11.3 Å². The molecule has 0 aliphatic carbocycles. The standard InChI is InChI=1S/C24H17FN2O3S/c1-29-20-13-16-7-3-2-6-15(16)12-18(20)23(28)27(14-17-8-5-11-30-17)24-26-22-19(25)9-4-10-21(22)31-24/h2-13H,14H2,1H3. The average Bonchev–Trinajstić information content (AvgIpc) is 3.46. The normalized spacial score (nSPS) is 11.2. The number of anilines is 1. The Balaban J connectivity index is 1.64. The molecule has 31 heavy (non-hydrogen) atoms. The van der Waals surface area contributed by atoms with Gasteiger partial charge < -0.3 is 9.15 Å². The Hall–Kier alpha value is -3.71. The Morgan fingerprint density at radius 1 is 1.10 bits per heavy atom. The van der Waals surface area contributed by atoms with Gasteiger partial charge in [-0.2, -0.15) is 0 Å². The lowest BCUT2D eigenvalue weighted by molar-refractivity contribution is 0.0980. The van der Waals surface area contributed by atoms with E-state index >= 15 is 0 Å². The minimum atomic E-state index is -0.423. The third-order valence-electron chi connectivity index (χ3n) is 5.03. The number of benzene rings is 3. The fourth-order valence-electron chi connectivity index (χ4n) is 3.50. The quantitative estimate of drug-likeness (QED) is 0.340. The molecule has 0 bridgehead atoms. The van der Waals surface area contributed by atoms with Gasteiger partial charge in [-0.05, 0) is 47.2 Å². The van der Waals surface area contributed by atoms with Crippen molar-refractivity contribution in [2.75, 3.05) is 12.0 Å². The van der Waals surface area contributed by atoms with E-state index in [1.165, 1.54) is 29.4 Å². The molecule has 1 amide bonds. The monoisotopic (exact) mass is 432 g/mol. The molecule has 0 spiro atoms. The molecule has 0 N–H and O–H groups in total. The Morgan fingerprint density at radius 2 is 1.90 bits per heavy atom. The summed E-state index contributed by atoms with van der Waals surface area (Å²) in [5.74, 6) is 0.320. The molecular formula is C24H17FN2O3S. The van der Waals surface area contributed by atoms with Crippen molar-refractivity contribution in [2.24, 2.45) is 0 Å². The molecule has 7 heteroatoms. The van der Waals surface area contributed by atoms with Crippen molar-refractivity contribution in [3.8, 4) is 5.75 Å². The number of methoxy groups -OCH3 is 1. The van der Waals surface area contributed by atoms with Gasteiger partial charge in [0, 0.05) is 0 Å². The second-order valence-electron chi connectivity index (χ2n) is 6.95. The molecule has 5 aromatic rings. The summed E-state index contributed by atoms with van der Waals surface area (Å²) in [6.07, 6.45) is 1.55. The topological polar surface area (TPSA) is 55.6 Å². The number of hydrogen-bond acceptors (Lipinski definition) is 5. The van der Waals surface area contributed by atoms with Crippen LogP contribution in [-0.4, -0.2) is 18.0 Å². The van der Waals surface area contributed by atoms with Gasteiger partial charge in [0.05, 0.1) is 30.2 Å². The van der Waals surface area contributed by atoms with E-state index in [0.29, 0.717) is 26.9 Å². The SMILES string of the molecule is COc1cc2ccccc2cc1C(=O)N(Cc1ccco1)c1nc2c(F)cccc2s1. The number of carbonyl (C=O) groups excluding carboxylic acids is 1. The lowest BCUT2D eigenvalue weighted by Gasteiger charge is -2.20. The first-order valence-corrected chi connectivity index (χ1v) is 10.4. The minimum Gasteiger partial charge on any atom is -0.496 e. The molecule has 0 radical (unpaired) electrons. The van der Waals surface area contributed by atoms with E-state index < -0.39 is 5.82 Å². The number of para-hydroxylation sites is 1. The second-order valence-corrected chi connectivity index (χ2v) is 7.96. The summed E-state index contributed by atoms with van der Waals surface area (Å²) in [5, 5.41) is 2.27. The van der Waals surface area contributed by atoms with Gasteiger partial charge in [-0.25, -0.2) is 9.37 Å². The fraction of sp³-hybridized carbons (Fsp3) is 0.0833. The predicted octanol–water partition coefficient (Wildman–Crippen LogP) is 6.04. The third-order valence-corrected chi connectivity index (χ3v) is 6.07. The largest absolute Gasteiger partial charge is 0.496 e. The molecular weight excluding hydrogens is 415 g/mol. The molecule has 154 valence electrons. The van der Waals surface area contributed by atoms with Crippen molar-refractivity contribution in [3.63, 3.8) is 0 Å². The third kappa shape index (κ3) is 3.53. The van der Waals surface area contributed by atoms with E-state index in [-0.39, 0.29) is 18.0 Å². The highest BCUT2D eigenvalue weighted by atomic mass is 32.1. The summed E-state index contributed by atoms with van der Waals surface area (Å²) in [6, 6.07) is 19.7. The summed E-state index contributed by atoms with van der Waals surface area (Å²) < 4.78 is 25.9. The van der Waals surface area contributed by atoms with Crippen LogP contribution in [0.5, 0.6) is 5.75 Å². The van der Waals surface area contributed by atoms with E-state index in [0.717, 1.165) is 10.8 Å². The number of halogens is 1. The molecule has 0 unspecified atom stereocenters. The number of hydrogen-bond donors (Lipinski definition) is 0. The zero-order valence-electron chi connectivity index (χ0n) is 16.5. The number of rotatable bonds is 5. The maximum Gasteiger partial charge on any atom is 0.264 e. The number of nitrogens with zero attached hydrogens (tertiary/aromatic N) is 2. The molecule has 2 aromatic heterocycles. The van der Waals surface area contributed by atoms with Gasteiger partial charge in [0.15, 0.2) is 5.13 Å². The number of amides is 1. The van der Waals surface area contributed by atoms with Gasteiger partial charge in [0.2, 0.25) is 0 Å². The maximum atomic E-state index is 14.3. The van der Waals surface area contributed by atoms with Crippen LogP contribution in [0.4, 0.5) is 9.52 Å². The highest BCUT2D eigenvalue weighted by Crippen LogP contribution is 2.34. The van der Waals surface area contributed by atoms with Crippen LogP contribution in [0.2, 0.25) is 0 Å². The molecule has 0 saturated heterocycles. The summed E-state index contributed by atoms with van der Waals surface area (Å²) in [5.41, 5.74) is 0.637. The van der Waals surface area contributed by atoms with Crippen LogP contribution in [-0.2, 0) is 6.54 Å². The predicted molar refractivity (Wildman–Crippen MR) is 119 cm³/mol. The number of furan rings is 1. The van der Waals surface area contributed by atoms with Gasteiger partial charge in [-0.1, -0.05) is 41.7 Å². The number of fused-ring (bicyclic) bond motifs is 2. The van der Waals surface area contributed by atoms with Crippen LogP contribution in [0.25, 0.3) is 21.0 Å². The second kappa shape index (κ2) is 7.85. The zero-order valence-corrected chi connectivity index (χ0v) is 17.4. The molecule has 5 nitrogen and oxygen atoms in total. The van der Waals surface area contributed by atoms with Crippen LogP contribution < -0.4 is 9.64 Å². The van der Waals surface area contributed by atoms with Gasteiger partial charge in [0.1, 0.15) is 22.8 Å². The number of thiazole rings is 1. The number of carbonyl (C=O) groups is 1. The molecule has 0 atom stereocenters. The van der Waals surface area contributed by atoms with Crippen molar-refractivity contribution in [3.05, 3.63) is 90.1 Å². The highest BCUT2D eigenvalue weighted by Gasteiger charge is 2.26. The zero-order chi connectivity index (χ0) is 21.4. The fourth-order valence-corrected chi connectivity index (χ4v) is 4.48. The van der Waals surface area contributed by atoms with Crippen molar-refractivity contribution >= 4 is 43.4 Å². The average molecular weight is 432 g/mol. The highest BCUT2D eigenvalue weighted by molar-refractivity contribution is 7.22. The molecule has 0 saturated carbocycles. The van der Waals surface area contributed by atoms with Crippen molar-refractivity contribution in [1.82, 2.24) is 4.98 Å². The van der Waals surface area contributed by atoms with E-state index in [9.17, 15) is 9.18 Å². The van der Waals surface area contributed by atoms with Crippen molar-refractivity contribution in [2.45, 2.75) is 6.54 Å². The number of aromatic nitrogens is 1. The lowest BCUT2D eigenvalue weighted by Crippen LogP contribution is -2.30. The molecule has 5 rings (SSSR count). The van der Waals surface area contributed by atoms with Crippen LogP contribution in [0.15, 0.2) is 77.4 Å². The number of ether oxygens (including phenoxy) is 1. The van der Waals surface area contributed by atoms with Gasteiger partial charge in [-0.3, -0.25) is 9.69 Å². The first-order valence-electron chi connectivity index (χ1n) is 9.60. The summed E-state index contributed by atoms with van der Waals surface area (Å²) in [7, 11) is 1.53. The van der Waals surface area contributed by atoms with Crippen LogP contribution in [0, 0.1) is 5.82 Å².